The third kappa shape index (κ3) is 28.9. The molecule has 8 amide bonds. The second-order valence-electron chi connectivity index (χ2n) is 23.2. The van der Waals surface area contributed by atoms with Crippen LogP contribution < -0.4 is 63.6 Å². The van der Waals surface area contributed by atoms with Gasteiger partial charge in [-0.1, -0.05) is 100 Å². The van der Waals surface area contributed by atoms with E-state index < -0.39 is 177 Å². The van der Waals surface area contributed by atoms with E-state index in [-0.39, 0.29) is 96.4 Å². The summed E-state index contributed by atoms with van der Waals surface area (Å²) in [4.78, 5) is 170. The van der Waals surface area contributed by atoms with Crippen molar-refractivity contribution in [3.63, 3.8) is 0 Å². The summed E-state index contributed by atoms with van der Waals surface area (Å²) in [5.74, 6) is -14.8. The molecule has 4 aromatic rings. The number of carbonyl (C=O) groups excluding carboxylic acids is 11. The molecule has 2 heterocycles. The number of carboxylic acids is 4. The number of para-hydroxylation sites is 1. The number of aliphatic hydroxyl groups is 3. The first kappa shape index (κ1) is 82.6. The third-order valence-corrected chi connectivity index (χ3v) is 17.8. The van der Waals surface area contributed by atoms with Gasteiger partial charge in [-0.25, -0.2) is 0 Å². The number of unbranched alkanes of at least 4 members (excludes halogenated alkanes) is 1. The number of hydrogen-bond donors (Lipinski definition) is 14. The number of nitrogens with two attached hydrogens (primary N) is 1. The van der Waals surface area contributed by atoms with E-state index in [1.54, 1.807) is 91.1 Å². The fraction of sp³-hybridized carbons (Fsp3) is 0.492. The summed E-state index contributed by atoms with van der Waals surface area (Å²) in [5, 5.41) is 97.6. The molecule has 530 valence electrons. The average Bonchev–Trinajstić information content (AvgIpc) is 1.60. The minimum Gasteiger partial charge on any atom is -0.549 e. The summed E-state index contributed by atoms with van der Waals surface area (Å²) in [6.45, 7) is -3.35. The number of carbonyl (C=O) groups is 12. The van der Waals surface area contributed by atoms with Crippen molar-refractivity contribution in [2.75, 3.05) is 83.6 Å². The molecule has 35 heteroatoms. The molecule has 0 bridgehead atoms. The van der Waals surface area contributed by atoms with Crippen molar-refractivity contribution in [2.24, 2.45) is 5.73 Å². The summed E-state index contributed by atoms with van der Waals surface area (Å²) in [5.41, 5.74) is 8.06. The molecule has 1 aromatic heterocycles. The summed E-state index contributed by atoms with van der Waals surface area (Å²) >= 11 is 0. The molecule has 0 spiro atoms. The van der Waals surface area contributed by atoms with Gasteiger partial charge in [0.2, 0.25) is 47.3 Å². The van der Waals surface area contributed by atoms with Crippen molar-refractivity contribution in [3.8, 4) is 0 Å². The number of nitrogens with zero attached hydrogens (tertiary/aromatic N) is 3. The Kier molecular flexibility index (Phi) is 36.1. The van der Waals surface area contributed by atoms with Crippen molar-refractivity contribution in [1.29, 1.82) is 0 Å². The minimum atomic E-state index is -1.78. The van der Waals surface area contributed by atoms with Gasteiger partial charge >= 0.3 is 31.8 Å². The molecular weight excluding hydrogens is 1420 g/mol. The Hall–Kier alpha value is -7.87. The van der Waals surface area contributed by atoms with Gasteiger partial charge in [-0.05, 0) is 62.4 Å². The van der Waals surface area contributed by atoms with Crippen LogP contribution in [0.4, 0.5) is 0 Å². The zero-order chi connectivity index (χ0) is 71.1. The van der Waals surface area contributed by atoms with Crippen LogP contribution in [0.1, 0.15) is 49.8 Å². The number of benzene rings is 3. The standard InChI is InChI=1S/C63H87N13O19S2.In/c1-37(78)48(34-77)70-62(94)50-36-97-96-35-49(71-58(90)45(25-39-13-5-3-6-14-39)66-51(80)29-75(31-53(83)84)23-21-74(30-52(81)82)22-24-76(32-54(85)86)33-55(87)88)61(93)68-46(26-40-15-7-4-8-16-40)59(91)69-47(27-41-28-65-43-18-10-9-17-42(41)43)60(92)67-44(19-11-12-20-64)57(89)73-56(38(2)79)63(95)72-50;/h3-10,13-18,28,37-38,44-50,56,65,77-79H,11-12,19-27,29-36,64H2,1-2H3,(H,66,80)(H,67,92)(H,68,93)(H,69,91)(H,70,94)(H,71,90)(H,72,95)(H,73,89)(H,81,82)(H,83,84)(H,85,86)(H,87,88);/q;+3/p-3/t37-,38-,44+,45-,46+,47-,48-,49+,50+,56+;/m1./s1/i;1-4. The number of nitrogens with one attached hydrogen (secondary N) is 9. The maximum atomic E-state index is 15.2. The van der Waals surface area contributed by atoms with Gasteiger partial charge in [0.1, 0.15) is 42.3 Å². The van der Waals surface area contributed by atoms with Crippen LogP contribution in [0.25, 0.3) is 10.9 Å². The van der Waals surface area contributed by atoms with E-state index in [4.69, 9.17) is 5.73 Å². The predicted molar refractivity (Wildman–Crippen MR) is 354 cm³/mol. The first-order valence-electron chi connectivity index (χ1n) is 31.2. The van der Waals surface area contributed by atoms with Gasteiger partial charge in [-0.3, -0.25) is 57.9 Å². The molecule has 10 atom stereocenters. The Balaban J connectivity index is 0.0000204. The number of amides is 8. The zero-order valence-electron chi connectivity index (χ0n) is 54.1. The van der Waals surface area contributed by atoms with Crippen molar-refractivity contribution in [3.05, 3.63) is 108 Å². The minimum absolute atomic E-state index is 0. The van der Waals surface area contributed by atoms with Gasteiger partial charge in [0.15, 0.2) is 0 Å². The predicted octanol–water partition coefficient (Wildman–Crippen LogP) is -7.79. The van der Waals surface area contributed by atoms with Crippen molar-refractivity contribution in [2.45, 2.75) is 113 Å². The molecule has 0 aliphatic carbocycles. The number of fused-ring (bicyclic) bond motifs is 1. The van der Waals surface area contributed by atoms with Crippen LogP contribution in [0.3, 0.4) is 0 Å². The molecule has 1 saturated heterocycles. The summed E-state index contributed by atoms with van der Waals surface area (Å²) in [6, 6.07) is 11.4. The molecule has 15 N–H and O–H groups in total. The first-order valence-corrected chi connectivity index (χ1v) is 33.7. The molecule has 1 aliphatic heterocycles. The molecule has 5 rings (SSSR count). The van der Waals surface area contributed by atoms with Crippen LogP contribution in [-0.4, -0.2) is 281 Å². The number of aromatic amines is 1. The molecule has 32 nitrogen and oxygen atoms in total. The van der Waals surface area contributed by atoms with Crippen LogP contribution >= 0.6 is 21.6 Å². The number of aromatic nitrogens is 1. The maximum Gasteiger partial charge on any atom is 3.00 e. The third-order valence-electron chi connectivity index (χ3n) is 15.4. The number of hydrogen-bond acceptors (Lipinski definition) is 24. The molecule has 0 saturated carbocycles. The van der Waals surface area contributed by atoms with Gasteiger partial charge in [-0.2, -0.15) is 0 Å². The van der Waals surface area contributed by atoms with Crippen molar-refractivity contribution < 1.29 is 93.3 Å². The molecule has 98 heavy (non-hydrogen) atoms. The van der Waals surface area contributed by atoms with E-state index in [9.17, 15) is 83.7 Å². The SMILES string of the molecule is C[C@@H](O)[C@@H]1NC(=O)[C@H](CCCCN)NC(=O)[C@@H](Cc2c[nH]c3ccccc23)NC(=O)[C@H](Cc2ccccc2)NC(=O)[C@@H](NC(=O)[C@@H](Cc2ccccc2)NC(=O)CN(CCN(CCN(CC(=O)[O-])CC(=O)O)CC(=O)[O-])CC(=O)[O-])CSSC[C@@H](C(=O)N[C@H](CO)[C@@H](C)O)NC1=O.[111In+3]. The van der Waals surface area contributed by atoms with Gasteiger partial charge < -0.3 is 103 Å². The van der Waals surface area contributed by atoms with E-state index in [2.05, 4.69) is 47.5 Å². The largest absolute Gasteiger partial charge is 3.00 e. The number of H-pyrrole nitrogens is 1. The molecule has 1 fully saturated rings. The number of rotatable bonds is 34. The van der Waals surface area contributed by atoms with E-state index in [1.165, 1.54) is 18.7 Å². The molecule has 1 aliphatic rings. The van der Waals surface area contributed by atoms with Crippen molar-refractivity contribution >= 4 is 129 Å². The fourth-order valence-electron chi connectivity index (χ4n) is 10.3. The number of aliphatic hydroxyl groups excluding tert-OH is 3. The fourth-order valence-corrected chi connectivity index (χ4v) is 12.6. The molecule has 3 aromatic carbocycles. The number of aliphatic carboxylic acids is 4. The maximum absolute atomic E-state index is 15.2. The quantitative estimate of drug-likeness (QED) is 0.0153. The number of carboxylic acid groups (broad SMARTS) is 4. The van der Waals surface area contributed by atoms with Gasteiger partial charge in [0, 0.05) is 93.7 Å². The van der Waals surface area contributed by atoms with Crippen LogP contribution in [-0.2, 0) is 76.8 Å². The van der Waals surface area contributed by atoms with Crippen LogP contribution in [0.5, 0.6) is 0 Å². The van der Waals surface area contributed by atoms with E-state index in [1.807, 2.05) is 0 Å². The smallest absolute Gasteiger partial charge is 0.549 e. The van der Waals surface area contributed by atoms with Crippen molar-refractivity contribution in [1.82, 2.24) is 62.2 Å². The Labute approximate surface area is 591 Å². The van der Waals surface area contributed by atoms with E-state index in [0.29, 0.717) is 34.0 Å². The van der Waals surface area contributed by atoms with Gasteiger partial charge in [0.25, 0.3) is 0 Å². The topological polar surface area (TPSA) is 503 Å². The summed E-state index contributed by atoms with van der Waals surface area (Å²) in [6.07, 6.45) is -1.38. The zero-order valence-corrected chi connectivity index (χ0v) is 59.0. The van der Waals surface area contributed by atoms with E-state index in [0.717, 1.165) is 31.4 Å². The monoisotopic (exact) mass is 1500 g/mol. The Morgan fingerprint density at radius 2 is 1.15 bits per heavy atom. The summed E-state index contributed by atoms with van der Waals surface area (Å²) < 4.78 is 0. The van der Waals surface area contributed by atoms with E-state index >= 15 is 9.59 Å². The first-order chi connectivity index (χ1) is 46.2. The molecular formula is C63H84InN13O19S2. The van der Waals surface area contributed by atoms with Crippen LogP contribution in [0, 0.1) is 0 Å². The average molecular weight is 1500 g/mol. The van der Waals surface area contributed by atoms with Gasteiger partial charge in [-0.15, -0.1) is 0 Å². The normalized spacial score (nSPS) is 19.6. The van der Waals surface area contributed by atoms with Crippen LogP contribution in [0.2, 0.25) is 0 Å². The Morgan fingerprint density at radius 3 is 1.73 bits per heavy atom. The second kappa shape index (κ2) is 42.8. The van der Waals surface area contributed by atoms with Crippen LogP contribution in [0.15, 0.2) is 91.1 Å². The summed E-state index contributed by atoms with van der Waals surface area (Å²) in [7, 11) is 1.74. The van der Waals surface area contributed by atoms with Gasteiger partial charge in [0.05, 0.1) is 55.9 Å². The molecule has 0 radical (unpaired) electrons. The Bertz CT molecular complexity index is 3290. The Morgan fingerprint density at radius 1 is 0.622 bits per heavy atom. The molecule has 0 unspecified atom stereocenters. The second-order valence-corrected chi connectivity index (χ2v) is 25.7.